The van der Waals surface area contributed by atoms with Gasteiger partial charge >= 0.3 is 0 Å². The van der Waals surface area contributed by atoms with Crippen LogP contribution in [0.5, 0.6) is 0 Å². The van der Waals surface area contributed by atoms with Gasteiger partial charge in [-0.2, -0.15) is 0 Å². The quantitative estimate of drug-likeness (QED) is 0.394. The Hall–Kier alpha value is -2.69. The maximum atomic E-state index is 14.6. The van der Waals surface area contributed by atoms with Crippen molar-refractivity contribution in [2.24, 2.45) is 5.92 Å². The standard InChI is InChI=1S/C23H19F5/c1-3-14(2)23(27,28)22-20(25)12-17(13-21(22)26)18-10-9-16(11-19(18)24)15-7-5-4-6-8-15/h4-14H,3H2,1-2H3. The van der Waals surface area contributed by atoms with E-state index < -0.39 is 34.9 Å². The normalized spacial score (nSPS) is 12.8. The first kappa shape index (κ1) is 20.1. The second kappa shape index (κ2) is 7.74. The molecule has 0 aliphatic rings. The SMILES string of the molecule is CCC(C)C(F)(F)c1c(F)cc(-c2ccc(-c3ccccc3)cc2F)cc1F. The summed E-state index contributed by atoms with van der Waals surface area (Å²) in [5.74, 6) is -8.35. The van der Waals surface area contributed by atoms with Gasteiger partial charge in [-0.05, 0) is 41.3 Å². The van der Waals surface area contributed by atoms with Crippen molar-refractivity contribution in [2.45, 2.75) is 26.2 Å². The van der Waals surface area contributed by atoms with Crippen LogP contribution < -0.4 is 0 Å². The van der Waals surface area contributed by atoms with Gasteiger partial charge in [0, 0.05) is 11.5 Å². The zero-order chi connectivity index (χ0) is 20.5. The van der Waals surface area contributed by atoms with Crippen molar-refractivity contribution in [3.8, 4) is 22.3 Å². The fourth-order valence-electron chi connectivity index (χ4n) is 3.11. The van der Waals surface area contributed by atoms with Crippen LogP contribution in [0.15, 0.2) is 60.7 Å². The molecule has 0 amide bonds. The maximum Gasteiger partial charge on any atom is 0.281 e. The average molecular weight is 390 g/mol. The first-order valence-corrected chi connectivity index (χ1v) is 8.98. The highest BCUT2D eigenvalue weighted by Crippen LogP contribution is 2.41. The number of halogens is 5. The van der Waals surface area contributed by atoms with E-state index in [9.17, 15) is 22.0 Å². The molecule has 0 aliphatic heterocycles. The van der Waals surface area contributed by atoms with Crippen LogP contribution in [0, 0.1) is 23.4 Å². The van der Waals surface area contributed by atoms with Crippen molar-refractivity contribution in [3.63, 3.8) is 0 Å². The molecule has 0 heterocycles. The van der Waals surface area contributed by atoms with E-state index in [1.165, 1.54) is 26.0 Å². The van der Waals surface area contributed by atoms with E-state index in [0.717, 1.165) is 17.7 Å². The molecule has 0 aliphatic carbocycles. The van der Waals surface area contributed by atoms with Crippen LogP contribution >= 0.6 is 0 Å². The Balaban J connectivity index is 2.04. The van der Waals surface area contributed by atoms with Crippen LogP contribution in [0.1, 0.15) is 25.8 Å². The smallest absolute Gasteiger partial charge is 0.206 e. The predicted molar refractivity (Wildman–Crippen MR) is 101 cm³/mol. The first-order chi connectivity index (χ1) is 13.3. The highest BCUT2D eigenvalue weighted by molar-refractivity contribution is 5.71. The lowest BCUT2D eigenvalue weighted by atomic mass is 9.91. The highest BCUT2D eigenvalue weighted by atomic mass is 19.3. The first-order valence-electron chi connectivity index (χ1n) is 8.98. The molecule has 28 heavy (non-hydrogen) atoms. The van der Waals surface area contributed by atoms with E-state index in [4.69, 9.17) is 0 Å². The fourth-order valence-corrected chi connectivity index (χ4v) is 3.11. The molecule has 1 atom stereocenters. The number of benzene rings is 3. The third-order valence-electron chi connectivity index (χ3n) is 4.99. The fraction of sp³-hybridized carbons (Fsp3) is 0.217. The molecule has 0 saturated carbocycles. The van der Waals surface area contributed by atoms with E-state index in [2.05, 4.69) is 0 Å². The molecule has 1 unspecified atom stereocenters. The Morgan fingerprint density at radius 1 is 0.750 bits per heavy atom. The van der Waals surface area contributed by atoms with Crippen LogP contribution in [-0.2, 0) is 5.92 Å². The van der Waals surface area contributed by atoms with Gasteiger partial charge in [0.1, 0.15) is 17.5 Å². The summed E-state index contributed by atoms with van der Waals surface area (Å²) >= 11 is 0. The zero-order valence-electron chi connectivity index (χ0n) is 15.4. The van der Waals surface area contributed by atoms with Crippen LogP contribution in [0.25, 0.3) is 22.3 Å². The van der Waals surface area contributed by atoms with Crippen molar-refractivity contribution in [2.75, 3.05) is 0 Å². The van der Waals surface area contributed by atoms with Crippen molar-refractivity contribution in [1.82, 2.24) is 0 Å². The van der Waals surface area contributed by atoms with Crippen molar-refractivity contribution >= 4 is 0 Å². The Morgan fingerprint density at radius 3 is 1.86 bits per heavy atom. The summed E-state index contributed by atoms with van der Waals surface area (Å²) in [5, 5.41) is 0. The van der Waals surface area contributed by atoms with Gasteiger partial charge in [-0.15, -0.1) is 0 Å². The van der Waals surface area contributed by atoms with Gasteiger partial charge in [0.05, 0.1) is 5.56 Å². The summed E-state index contributed by atoms with van der Waals surface area (Å²) in [6.07, 6.45) is 0.0587. The summed E-state index contributed by atoms with van der Waals surface area (Å²) in [4.78, 5) is 0. The third-order valence-corrected chi connectivity index (χ3v) is 4.99. The zero-order valence-corrected chi connectivity index (χ0v) is 15.4. The molecule has 0 aromatic heterocycles. The van der Waals surface area contributed by atoms with Gasteiger partial charge in [-0.25, -0.2) is 22.0 Å². The molecule has 3 aromatic carbocycles. The molecule has 3 aromatic rings. The topological polar surface area (TPSA) is 0 Å². The molecular weight excluding hydrogens is 371 g/mol. The largest absolute Gasteiger partial charge is 0.281 e. The van der Waals surface area contributed by atoms with E-state index in [0.29, 0.717) is 5.56 Å². The minimum atomic E-state index is -3.66. The molecule has 0 fully saturated rings. The lowest BCUT2D eigenvalue weighted by molar-refractivity contribution is -0.0653. The summed E-state index contributed by atoms with van der Waals surface area (Å²) < 4.78 is 72.2. The van der Waals surface area contributed by atoms with Gasteiger partial charge in [0.2, 0.25) is 0 Å². The van der Waals surface area contributed by atoms with Crippen LogP contribution in [0.4, 0.5) is 22.0 Å². The molecule has 0 radical (unpaired) electrons. The van der Waals surface area contributed by atoms with Gasteiger partial charge in [-0.1, -0.05) is 56.3 Å². The van der Waals surface area contributed by atoms with Gasteiger partial charge < -0.3 is 0 Å². The summed E-state index contributed by atoms with van der Waals surface area (Å²) in [5.41, 5.74) is -0.0739. The number of rotatable bonds is 5. The maximum absolute atomic E-state index is 14.6. The van der Waals surface area contributed by atoms with Crippen LogP contribution in [-0.4, -0.2) is 0 Å². The minimum absolute atomic E-state index is 0.0587. The summed E-state index contributed by atoms with van der Waals surface area (Å²) in [6.45, 7) is 2.75. The number of hydrogen-bond donors (Lipinski definition) is 0. The number of hydrogen-bond acceptors (Lipinski definition) is 0. The Labute approximate surface area is 160 Å². The molecule has 0 saturated heterocycles. The second-order valence-electron chi connectivity index (χ2n) is 6.81. The van der Waals surface area contributed by atoms with E-state index >= 15 is 0 Å². The minimum Gasteiger partial charge on any atom is -0.206 e. The van der Waals surface area contributed by atoms with Crippen molar-refractivity contribution in [3.05, 3.63) is 83.7 Å². The van der Waals surface area contributed by atoms with E-state index in [1.54, 1.807) is 18.2 Å². The molecule has 5 heteroatoms. The lowest BCUT2D eigenvalue weighted by Gasteiger charge is -2.24. The van der Waals surface area contributed by atoms with Gasteiger partial charge in [-0.3, -0.25) is 0 Å². The molecule has 0 N–H and O–H groups in total. The molecular formula is C23H19F5. The molecule has 3 rings (SSSR count). The van der Waals surface area contributed by atoms with E-state index in [1.807, 2.05) is 18.2 Å². The van der Waals surface area contributed by atoms with Crippen LogP contribution in [0.3, 0.4) is 0 Å². The molecule has 0 spiro atoms. The Kier molecular flexibility index (Phi) is 5.54. The second-order valence-corrected chi connectivity index (χ2v) is 6.81. The Morgan fingerprint density at radius 2 is 1.32 bits per heavy atom. The van der Waals surface area contributed by atoms with Crippen LogP contribution in [0.2, 0.25) is 0 Å². The van der Waals surface area contributed by atoms with Crippen molar-refractivity contribution < 1.29 is 22.0 Å². The summed E-state index contributed by atoms with van der Waals surface area (Å²) in [6, 6.07) is 14.8. The molecule has 146 valence electrons. The van der Waals surface area contributed by atoms with E-state index in [-0.39, 0.29) is 17.5 Å². The molecule has 0 nitrogen and oxygen atoms in total. The predicted octanol–water partition coefficient (Wildman–Crippen LogP) is 7.58. The third kappa shape index (κ3) is 3.66. The van der Waals surface area contributed by atoms with Gasteiger partial charge in [0.25, 0.3) is 5.92 Å². The molecule has 0 bridgehead atoms. The number of alkyl halides is 2. The average Bonchev–Trinajstić information content (AvgIpc) is 2.67. The monoisotopic (exact) mass is 390 g/mol. The Bertz CT molecular complexity index is 957. The highest BCUT2D eigenvalue weighted by Gasteiger charge is 2.42. The van der Waals surface area contributed by atoms with Crippen molar-refractivity contribution in [1.29, 1.82) is 0 Å². The van der Waals surface area contributed by atoms with Gasteiger partial charge in [0.15, 0.2) is 0 Å². The lowest BCUT2D eigenvalue weighted by Crippen LogP contribution is -2.26. The summed E-state index contributed by atoms with van der Waals surface area (Å²) in [7, 11) is 0.